The average Bonchev–Trinajstić information content (AvgIpc) is 3.16. The fraction of sp³-hybridized carbons (Fsp3) is 0.0714. The first-order valence-corrected chi connectivity index (χ1v) is 6.38. The Balaban J connectivity index is 1.79. The molecule has 2 heterocycles. The van der Waals surface area contributed by atoms with E-state index in [-0.39, 0.29) is 11.9 Å². The van der Waals surface area contributed by atoms with Gasteiger partial charge in [-0.2, -0.15) is 15.3 Å². The minimum Gasteiger partial charge on any atom is -0.289 e. The highest BCUT2D eigenvalue weighted by molar-refractivity contribution is 6.03. The Hall–Kier alpha value is -3.47. The molecule has 0 radical (unpaired) electrons. The minimum atomic E-state index is -0.343. The highest BCUT2D eigenvalue weighted by Crippen LogP contribution is 2.17. The molecular weight excluding hydrogens is 282 g/mol. The van der Waals surface area contributed by atoms with Gasteiger partial charge in [-0.25, -0.2) is 0 Å². The highest BCUT2D eigenvalue weighted by atomic mass is 16.1. The number of aromatic nitrogens is 5. The first-order chi connectivity index (χ1) is 10.7. The number of hydrogen-bond acceptors (Lipinski definition) is 5. The fourth-order valence-electron chi connectivity index (χ4n) is 1.90. The van der Waals surface area contributed by atoms with E-state index in [0.717, 1.165) is 0 Å². The van der Waals surface area contributed by atoms with E-state index in [9.17, 15) is 4.79 Å². The number of amides is 1. The number of carbonyl (C=O) groups excluding carboxylic acids is 1. The van der Waals surface area contributed by atoms with Gasteiger partial charge >= 0.3 is 0 Å². The molecule has 0 aliphatic rings. The van der Waals surface area contributed by atoms with Crippen LogP contribution in [0.1, 0.15) is 15.9 Å². The second kappa shape index (κ2) is 5.49. The van der Waals surface area contributed by atoms with E-state index in [1.54, 1.807) is 37.5 Å². The number of aromatic amines is 1. The minimum absolute atomic E-state index is 0.159. The SMILES string of the molecule is Cn1cc(C(=O)Nc2n[nH]c(-c3cccc(C#N)c3)n2)cn1. The van der Waals surface area contributed by atoms with Crippen molar-refractivity contribution >= 4 is 11.9 Å². The maximum atomic E-state index is 12.0. The van der Waals surface area contributed by atoms with Gasteiger partial charge in [-0.15, -0.1) is 5.10 Å². The predicted molar refractivity (Wildman–Crippen MR) is 77.7 cm³/mol. The van der Waals surface area contributed by atoms with E-state index >= 15 is 0 Å². The Morgan fingerprint density at radius 1 is 1.45 bits per heavy atom. The molecule has 0 saturated heterocycles. The molecule has 2 aromatic heterocycles. The van der Waals surface area contributed by atoms with Crippen LogP contribution in [0.4, 0.5) is 5.95 Å². The van der Waals surface area contributed by atoms with Crippen LogP contribution in [-0.2, 0) is 7.05 Å². The number of carbonyl (C=O) groups is 1. The largest absolute Gasteiger partial charge is 0.289 e. The van der Waals surface area contributed by atoms with Crippen LogP contribution in [0.25, 0.3) is 11.4 Å². The summed E-state index contributed by atoms with van der Waals surface area (Å²) in [4.78, 5) is 16.2. The Kier molecular flexibility index (Phi) is 3.37. The molecule has 0 aliphatic heterocycles. The van der Waals surface area contributed by atoms with Crippen LogP contribution >= 0.6 is 0 Å². The molecule has 8 nitrogen and oxygen atoms in total. The maximum absolute atomic E-state index is 12.0. The van der Waals surface area contributed by atoms with Crippen molar-refractivity contribution in [2.24, 2.45) is 7.05 Å². The van der Waals surface area contributed by atoms with Gasteiger partial charge in [0.25, 0.3) is 5.91 Å². The molecule has 0 atom stereocenters. The Morgan fingerprint density at radius 2 is 2.32 bits per heavy atom. The van der Waals surface area contributed by atoms with Crippen molar-refractivity contribution in [3.05, 3.63) is 47.8 Å². The van der Waals surface area contributed by atoms with Crippen molar-refractivity contribution in [3.8, 4) is 17.5 Å². The van der Waals surface area contributed by atoms with E-state index in [2.05, 4.69) is 31.7 Å². The topological polar surface area (TPSA) is 112 Å². The lowest BCUT2D eigenvalue weighted by Gasteiger charge is -1.97. The second-order valence-electron chi connectivity index (χ2n) is 4.56. The van der Waals surface area contributed by atoms with Gasteiger partial charge in [-0.1, -0.05) is 12.1 Å². The molecule has 0 aliphatic carbocycles. The van der Waals surface area contributed by atoms with E-state index < -0.39 is 0 Å². The molecule has 8 heteroatoms. The third kappa shape index (κ3) is 2.69. The van der Waals surface area contributed by atoms with Crippen LogP contribution in [0.3, 0.4) is 0 Å². The number of nitriles is 1. The molecule has 0 spiro atoms. The van der Waals surface area contributed by atoms with E-state index in [1.807, 2.05) is 0 Å². The molecular formula is C14H11N7O. The summed E-state index contributed by atoms with van der Waals surface area (Å²) < 4.78 is 1.53. The third-order valence-corrected chi connectivity index (χ3v) is 2.94. The lowest BCUT2D eigenvalue weighted by molar-refractivity contribution is 0.102. The molecule has 3 rings (SSSR count). The van der Waals surface area contributed by atoms with Crippen molar-refractivity contribution < 1.29 is 4.79 Å². The third-order valence-electron chi connectivity index (χ3n) is 2.94. The number of nitrogens with zero attached hydrogens (tertiary/aromatic N) is 5. The summed E-state index contributed by atoms with van der Waals surface area (Å²) in [6.07, 6.45) is 3.05. The molecule has 0 saturated carbocycles. The summed E-state index contributed by atoms with van der Waals surface area (Å²) in [6, 6.07) is 9.00. The highest BCUT2D eigenvalue weighted by Gasteiger charge is 2.12. The average molecular weight is 293 g/mol. The van der Waals surface area contributed by atoms with Crippen molar-refractivity contribution in [3.63, 3.8) is 0 Å². The number of anilines is 1. The summed E-state index contributed by atoms with van der Waals surface area (Å²) in [5.74, 6) is 0.286. The van der Waals surface area contributed by atoms with Crippen LogP contribution in [-0.4, -0.2) is 30.9 Å². The smallest absolute Gasteiger partial charge is 0.261 e. The summed E-state index contributed by atoms with van der Waals surface area (Å²) in [6.45, 7) is 0. The first-order valence-electron chi connectivity index (χ1n) is 6.38. The van der Waals surface area contributed by atoms with Gasteiger partial charge in [0.15, 0.2) is 5.82 Å². The Morgan fingerprint density at radius 3 is 3.05 bits per heavy atom. The number of nitrogens with one attached hydrogen (secondary N) is 2. The van der Waals surface area contributed by atoms with Crippen LogP contribution in [0.2, 0.25) is 0 Å². The van der Waals surface area contributed by atoms with Gasteiger partial charge in [0.2, 0.25) is 5.95 Å². The van der Waals surface area contributed by atoms with Crippen molar-refractivity contribution in [1.82, 2.24) is 25.0 Å². The Bertz CT molecular complexity index is 871. The molecule has 2 N–H and O–H groups in total. The van der Waals surface area contributed by atoms with Gasteiger partial charge in [0.05, 0.1) is 23.4 Å². The molecule has 108 valence electrons. The first kappa shape index (κ1) is 13.5. The van der Waals surface area contributed by atoms with E-state index in [4.69, 9.17) is 5.26 Å². The van der Waals surface area contributed by atoms with Gasteiger partial charge in [0.1, 0.15) is 0 Å². The lowest BCUT2D eigenvalue weighted by atomic mass is 10.1. The molecule has 3 aromatic rings. The number of rotatable bonds is 3. The molecule has 1 amide bonds. The molecule has 0 fully saturated rings. The molecule has 22 heavy (non-hydrogen) atoms. The molecule has 0 bridgehead atoms. The summed E-state index contributed by atoms with van der Waals surface area (Å²) >= 11 is 0. The second-order valence-corrected chi connectivity index (χ2v) is 4.56. The maximum Gasteiger partial charge on any atom is 0.261 e. The zero-order chi connectivity index (χ0) is 15.5. The van der Waals surface area contributed by atoms with Gasteiger partial charge in [-0.05, 0) is 12.1 Å². The van der Waals surface area contributed by atoms with Crippen LogP contribution in [0.15, 0.2) is 36.7 Å². The summed E-state index contributed by atoms with van der Waals surface area (Å²) in [7, 11) is 1.73. The number of benzene rings is 1. The normalized spacial score (nSPS) is 10.2. The van der Waals surface area contributed by atoms with Crippen LogP contribution in [0.5, 0.6) is 0 Å². The fourth-order valence-corrected chi connectivity index (χ4v) is 1.90. The van der Waals surface area contributed by atoms with Crippen LogP contribution < -0.4 is 5.32 Å². The predicted octanol–water partition coefficient (Wildman–Crippen LogP) is 1.33. The standard InChI is InChI=1S/C14H11N7O/c1-21-8-11(7-16-21)13(22)18-14-17-12(19-20-14)10-4-2-3-9(5-10)6-15/h2-5,7-8H,1H3,(H2,17,18,19,20,22). The zero-order valence-electron chi connectivity index (χ0n) is 11.6. The Labute approximate surface area is 125 Å². The number of aryl methyl sites for hydroxylation is 1. The monoisotopic (exact) mass is 293 g/mol. The zero-order valence-corrected chi connectivity index (χ0v) is 11.6. The van der Waals surface area contributed by atoms with Crippen molar-refractivity contribution in [1.29, 1.82) is 5.26 Å². The number of H-pyrrole nitrogens is 1. The molecule has 0 unspecified atom stereocenters. The van der Waals surface area contributed by atoms with Crippen molar-refractivity contribution in [2.45, 2.75) is 0 Å². The van der Waals surface area contributed by atoms with E-state index in [1.165, 1.54) is 10.9 Å². The van der Waals surface area contributed by atoms with Gasteiger partial charge in [-0.3, -0.25) is 19.9 Å². The van der Waals surface area contributed by atoms with Gasteiger partial charge < -0.3 is 0 Å². The summed E-state index contributed by atoms with van der Waals surface area (Å²) in [5, 5.41) is 22.1. The van der Waals surface area contributed by atoms with E-state index in [0.29, 0.717) is 22.5 Å². The van der Waals surface area contributed by atoms with Crippen molar-refractivity contribution in [2.75, 3.05) is 5.32 Å². The van der Waals surface area contributed by atoms with Gasteiger partial charge in [0, 0.05) is 18.8 Å². The van der Waals surface area contributed by atoms with Crippen LogP contribution in [0, 0.1) is 11.3 Å². The molecule has 1 aromatic carbocycles. The quantitative estimate of drug-likeness (QED) is 0.756. The summed E-state index contributed by atoms with van der Waals surface area (Å²) in [5.41, 5.74) is 1.66. The lowest BCUT2D eigenvalue weighted by Crippen LogP contribution is -2.12. The number of hydrogen-bond donors (Lipinski definition) is 2.